The number of hydrogen-bond donors (Lipinski definition) is 0. The van der Waals surface area contributed by atoms with Crippen molar-refractivity contribution in [2.75, 3.05) is 6.79 Å². The van der Waals surface area contributed by atoms with Gasteiger partial charge in [0.1, 0.15) is 12.4 Å². The lowest BCUT2D eigenvalue weighted by atomic mass is 10.1. The van der Waals surface area contributed by atoms with E-state index in [9.17, 15) is 14.9 Å². The topological polar surface area (TPSA) is 87.9 Å². The number of esters is 1. The number of carbonyl (C=O) groups excluding carboxylic acids is 1. The summed E-state index contributed by atoms with van der Waals surface area (Å²) in [7, 11) is 0. The first-order valence-corrected chi connectivity index (χ1v) is 7.85. The molecule has 0 radical (unpaired) electrons. The van der Waals surface area contributed by atoms with Gasteiger partial charge in [-0.2, -0.15) is 0 Å². The highest BCUT2D eigenvalue weighted by Crippen LogP contribution is 2.33. The first kappa shape index (κ1) is 17.5. The molecule has 1 aliphatic heterocycles. The lowest BCUT2D eigenvalue weighted by Gasteiger charge is -2.20. The van der Waals surface area contributed by atoms with Crippen LogP contribution in [-0.4, -0.2) is 17.7 Å². The molecule has 0 atom stereocenters. The van der Waals surface area contributed by atoms with Gasteiger partial charge in [0.25, 0.3) is 5.69 Å². The van der Waals surface area contributed by atoms with Crippen molar-refractivity contribution < 1.29 is 23.9 Å². The minimum absolute atomic E-state index is 0.0160. The number of ether oxygens (including phenoxy) is 3. The second-order valence-electron chi connectivity index (χ2n) is 5.13. The lowest BCUT2D eigenvalue weighted by molar-refractivity contribution is -0.385. The molecule has 0 aliphatic carbocycles. The van der Waals surface area contributed by atoms with Crippen LogP contribution >= 0.6 is 23.2 Å². The predicted octanol–water partition coefficient (Wildman–Crippen LogP) is 4.13. The average Bonchev–Trinajstić information content (AvgIpc) is 2.59. The van der Waals surface area contributed by atoms with E-state index < -0.39 is 10.9 Å². The Morgan fingerprint density at radius 3 is 2.68 bits per heavy atom. The van der Waals surface area contributed by atoms with E-state index >= 15 is 0 Å². The van der Waals surface area contributed by atoms with Gasteiger partial charge in [-0.3, -0.25) is 10.1 Å². The molecular formula is C16H11Cl2NO6. The molecule has 0 aromatic heterocycles. The van der Waals surface area contributed by atoms with Crippen LogP contribution in [0.1, 0.15) is 21.5 Å². The van der Waals surface area contributed by atoms with E-state index in [1.54, 1.807) is 6.07 Å². The van der Waals surface area contributed by atoms with Gasteiger partial charge < -0.3 is 14.2 Å². The Kier molecular flexibility index (Phi) is 5.08. The number of halogens is 2. The van der Waals surface area contributed by atoms with Gasteiger partial charge in [-0.15, -0.1) is 0 Å². The zero-order chi connectivity index (χ0) is 18.0. The summed E-state index contributed by atoms with van der Waals surface area (Å²) in [5.41, 5.74) is 0.773. The number of nitrogens with zero attached hydrogens (tertiary/aromatic N) is 1. The standard InChI is InChI=1S/C16H11Cl2NO6/c17-12-2-1-3-13(18)14(12)16(20)24-7-10-5-11(19(21)22)4-9-6-23-8-25-15(9)10/h1-5H,6-8H2. The molecule has 2 aromatic rings. The largest absolute Gasteiger partial charge is 0.467 e. The second kappa shape index (κ2) is 7.26. The van der Waals surface area contributed by atoms with Gasteiger partial charge in [-0.25, -0.2) is 4.79 Å². The SMILES string of the molecule is O=C(OCc1cc([N+](=O)[O-])cc2c1OCOC2)c1c(Cl)cccc1Cl. The predicted molar refractivity (Wildman–Crippen MR) is 89.0 cm³/mol. The number of nitro groups is 1. The highest BCUT2D eigenvalue weighted by Gasteiger charge is 2.23. The summed E-state index contributed by atoms with van der Waals surface area (Å²) in [6.07, 6.45) is 0. The van der Waals surface area contributed by atoms with Crippen LogP contribution in [0, 0.1) is 10.1 Å². The number of nitro benzene ring substituents is 1. The van der Waals surface area contributed by atoms with Crippen molar-refractivity contribution in [2.45, 2.75) is 13.2 Å². The quantitative estimate of drug-likeness (QED) is 0.448. The smallest absolute Gasteiger partial charge is 0.341 e. The van der Waals surface area contributed by atoms with Crippen molar-refractivity contribution >= 4 is 34.9 Å². The Morgan fingerprint density at radius 2 is 2.00 bits per heavy atom. The van der Waals surface area contributed by atoms with Crippen molar-refractivity contribution in [3.8, 4) is 5.75 Å². The van der Waals surface area contributed by atoms with Crippen molar-refractivity contribution in [2.24, 2.45) is 0 Å². The number of fused-ring (bicyclic) bond motifs is 1. The van der Waals surface area contributed by atoms with Crippen LogP contribution in [0.15, 0.2) is 30.3 Å². The summed E-state index contributed by atoms with van der Waals surface area (Å²) in [5.74, 6) is -0.321. The van der Waals surface area contributed by atoms with E-state index in [2.05, 4.69) is 0 Å². The molecular weight excluding hydrogens is 373 g/mol. The fourth-order valence-electron chi connectivity index (χ4n) is 2.40. The first-order valence-electron chi connectivity index (χ1n) is 7.09. The van der Waals surface area contributed by atoms with Gasteiger partial charge in [0.2, 0.25) is 0 Å². The third-order valence-electron chi connectivity index (χ3n) is 3.51. The van der Waals surface area contributed by atoms with E-state index in [4.69, 9.17) is 37.4 Å². The minimum atomic E-state index is -0.733. The molecule has 0 fully saturated rings. The molecule has 7 nitrogen and oxygen atoms in total. The van der Waals surface area contributed by atoms with Crippen molar-refractivity contribution in [1.29, 1.82) is 0 Å². The summed E-state index contributed by atoms with van der Waals surface area (Å²) in [4.78, 5) is 22.8. The van der Waals surface area contributed by atoms with Crippen LogP contribution < -0.4 is 4.74 Å². The number of rotatable bonds is 4. The van der Waals surface area contributed by atoms with Crippen LogP contribution in [0.25, 0.3) is 0 Å². The van der Waals surface area contributed by atoms with Gasteiger partial charge in [0, 0.05) is 23.3 Å². The van der Waals surface area contributed by atoms with Crippen molar-refractivity contribution in [3.63, 3.8) is 0 Å². The molecule has 0 spiro atoms. The molecule has 0 bridgehead atoms. The molecule has 2 aromatic carbocycles. The Balaban J connectivity index is 1.86. The van der Waals surface area contributed by atoms with E-state index in [0.29, 0.717) is 16.9 Å². The number of hydrogen-bond acceptors (Lipinski definition) is 6. The number of benzene rings is 2. The van der Waals surface area contributed by atoms with Gasteiger partial charge in [0.15, 0.2) is 6.79 Å². The molecule has 0 N–H and O–H groups in total. The molecule has 1 heterocycles. The Morgan fingerprint density at radius 1 is 1.28 bits per heavy atom. The fraction of sp³-hybridized carbons (Fsp3) is 0.188. The molecule has 25 heavy (non-hydrogen) atoms. The molecule has 0 amide bonds. The molecule has 0 saturated heterocycles. The van der Waals surface area contributed by atoms with E-state index in [1.165, 1.54) is 24.3 Å². The minimum Gasteiger partial charge on any atom is -0.467 e. The number of carbonyl (C=O) groups is 1. The molecule has 0 unspecified atom stereocenters. The second-order valence-corrected chi connectivity index (χ2v) is 5.95. The normalized spacial score (nSPS) is 12.9. The van der Waals surface area contributed by atoms with E-state index in [1.807, 2.05) is 0 Å². The maximum absolute atomic E-state index is 12.3. The molecule has 130 valence electrons. The zero-order valence-corrected chi connectivity index (χ0v) is 14.2. The zero-order valence-electron chi connectivity index (χ0n) is 12.7. The van der Waals surface area contributed by atoms with Crippen LogP contribution in [0.5, 0.6) is 5.75 Å². The fourth-order valence-corrected chi connectivity index (χ4v) is 2.95. The third kappa shape index (κ3) is 3.68. The summed E-state index contributed by atoms with van der Waals surface area (Å²) in [6.45, 7) is -0.0409. The molecule has 9 heteroatoms. The van der Waals surface area contributed by atoms with Crippen molar-refractivity contribution in [1.82, 2.24) is 0 Å². The summed E-state index contributed by atoms with van der Waals surface area (Å²) < 4.78 is 15.7. The monoisotopic (exact) mass is 383 g/mol. The Hall–Kier alpha value is -2.35. The highest BCUT2D eigenvalue weighted by molar-refractivity contribution is 6.39. The molecule has 0 saturated carbocycles. The van der Waals surface area contributed by atoms with Gasteiger partial charge >= 0.3 is 5.97 Å². The summed E-state index contributed by atoms with van der Waals surface area (Å²) >= 11 is 11.9. The highest BCUT2D eigenvalue weighted by atomic mass is 35.5. The average molecular weight is 384 g/mol. The van der Waals surface area contributed by atoms with Gasteiger partial charge in [0.05, 0.1) is 27.1 Å². The van der Waals surface area contributed by atoms with Crippen LogP contribution in [-0.2, 0) is 22.7 Å². The van der Waals surface area contributed by atoms with Gasteiger partial charge in [-0.1, -0.05) is 29.3 Å². The van der Waals surface area contributed by atoms with Crippen LogP contribution in [0.3, 0.4) is 0 Å². The first-order chi connectivity index (χ1) is 12.0. The lowest BCUT2D eigenvalue weighted by Crippen LogP contribution is -2.15. The van der Waals surface area contributed by atoms with Crippen LogP contribution in [0.2, 0.25) is 10.0 Å². The summed E-state index contributed by atoms with van der Waals surface area (Å²) in [6, 6.07) is 7.29. The maximum atomic E-state index is 12.3. The third-order valence-corrected chi connectivity index (χ3v) is 4.14. The molecule has 1 aliphatic rings. The Bertz CT molecular complexity index is 835. The summed E-state index contributed by atoms with van der Waals surface area (Å²) in [5, 5.41) is 11.4. The van der Waals surface area contributed by atoms with Crippen molar-refractivity contribution in [3.05, 3.63) is 67.2 Å². The van der Waals surface area contributed by atoms with E-state index in [-0.39, 0.29) is 41.3 Å². The van der Waals surface area contributed by atoms with Crippen LogP contribution in [0.4, 0.5) is 5.69 Å². The van der Waals surface area contributed by atoms with Gasteiger partial charge in [-0.05, 0) is 12.1 Å². The molecule has 3 rings (SSSR count). The number of non-ortho nitro benzene ring substituents is 1. The maximum Gasteiger partial charge on any atom is 0.341 e. The Labute approximate surface area is 152 Å². The van der Waals surface area contributed by atoms with E-state index in [0.717, 1.165) is 0 Å².